The van der Waals surface area contributed by atoms with Gasteiger partial charge in [0.25, 0.3) is 0 Å². The highest BCUT2D eigenvalue weighted by Crippen LogP contribution is 2.14. The molecule has 0 saturated carbocycles. The van der Waals surface area contributed by atoms with Crippen molar-refractivity contribution in [3.05, 3.63) is 42.1 Å². The van der Waals surface area contributed by atoms with Gasteiger partial charge in [0.2, 0.25) is 0 Å². The summed E-state index contributed by atoms with van der Waals surface area (Å²) in [6.07, 6.45) is 5.21. The van der Waals surface area contributed by atoms with Crippen LogP contribution in [0.15, 0.2) is 36.5 Å². The van der Waals surface area contributed by atoms with Crippen LogP contribution in [0.1, 0.15) is 18.4 Å². The highest BCUT2D eigenvalue weighted by atomic mass is 14.6. The van der Waals surface area contributed by atoms with Crippen molar-refractivity contribution < 1.29 is 0 Å². The van der Waals surface area contributed by atoms with Crippen molar-refractivity contribution >= 4 is 10.9 Å². The number of rotatable bonds is 4. The summed E-state index contributed by atoms with van der Waals surface area (Å²) in [7, 11) is 0. The highest BCUT2D eigenvalue weighted by Gasteiger charge is 1.96. The molecule has 0 saturated heterocycles. The topological polar surface area (TPSA) is 38.9 Å². The van der Waals surface area contributed by atoms with Crippen LogP contribution in [0.4, 0.5) is 0 Å². The van der Waals surface area contributed by atoms with E-state index in [1.165, 1.54) is 17.4 Å². The number of pyridine rings is 1. The largest absolute Gasteiger partial charge is 0.330 e. The van der Waals surface area contributed by atoms with Crippen LogP contribution in [0, 0.1) is 0 Å². The monoisotopic (exact) mass is 200 g/mol. The van der Waals surface area contributed by atoms with Gasteiger partial charge in [0.05, 0.1) is 5.52 Å². The summed E-state index contributed by atoms with van der Waals surface area (Å²) in [4.78, 5) is 4.30. The van der Waals surface area contributed by atoms with E-state index in [0.717, 1.165) is 24.9 Å². The van der Waals surface area contributed by atoms with E-state index >= 15 is 0 Å². The van der Waals surface area contributed by atoms with E-state index < -0.39 is 0 Å². The van der Waals surface area contributed by atoms with Crippen molar-refractivity contribution in [1.82, 2.24) is 4.98 Å². The molecule has 0 bridgehead atoms. The second kappa shape index (κ2) is 4.89. The minimum absolute atomic E-state index is 0.787. The van der Waals surface area contributed by atoms with Gasteiger partial charge in [-0.15, -0.1) is 0 Å². The van der Waals surface area contributed by atoms with Gasteiger partial charge in [0.15, 0.2) is 0 Å². The second-order valence-corrected chi connectivity index (χ2v) is 3.78. The maximum atomic E-state index is 5.47. The maximum absolute atomic E-state index is 5.47. The average Bonchev–Trinajstić information content (AvgIpc) is 2.29. The predicted octanol–water partition coefficient (Wildman–Crippen LogP) is 2.52. The van der Waals surface area contributed by atoms with Crippen LogP contribution in [0.5, 0.6) is 0 Å². The van der Waals surface area contributed by atoms with Gasteiger partial charge in [-0.05, 0) is 49.6 Å². The number of nitrogens with zero attached hydrogens (tertiary/aromatic N) is 1. The van der Waals surface area contributed by atoms with Gasteiger partial charge in [-0.3, -0.25) is 4.98 Å². The number of benzene rings is 1. The molecule has 2 heteroatoms. The van der Waals surface area contributed by atoms with Crippen LogP contribution >= 0.6 is 0 Å². The van der Waals surface area contributed by atoms with Crippen LogP contribution in [-0.4, -0.2) is 11.5 Å². The fourth-order valence-corrected chi connectivity index (χ4v) is 1.75. The fraction of sp³-hybridized carbons (Fsp3) is 0.308. The molecule has 2 rings (SSSR count). The van der Waals surface area contributed by atoms with Crippen molar-refractivity contribution in [2.45, 2.75) is 19.3 Å². The van der Waals surface area contributed by atoms with E-state index in [9.17, 15) is 0 Å². The van der Waals surface area contributed by atoms with Crippen LogP contribution < -0.4 is 5.73 Å². The Labute approximate surface area is 90.1 Å². The zero-order valence-electron chi connectivity index (χ0n) is 8.82. The van der Waals surface area contributed by atoms with Crippen molar-refractivity contribution in [1.29, 1.82) is 0 Å². The Morgan fingerprint density at radius 1 is 1.13 bits per heavy atom. The van der Waals surface area contributed by atoms with Gasteiger partial charge < -0.3 is 5.73 Å². The van der Waals surface area contributed by atoms with E-state index in [2.05, 4.69) is 29.2 Å². The average molecular weight is 200 g/mol. The molecule has 1 heterocycles. The van der Waals surface area contributed by atoms with Crippen LogP contribution in [0.25, 0.3) is 10.9 Å². The SMILES string of the molecule is NCCCCc1ccc2ncccc2c1. The van der Waals surface area contributed by atoms with Crippen molar-refractivity contribution in [3.8, 4) is 0 Å². The Morgan fingerprint density at radius 3 is 2.93 bits per heavy atom. The summed E-state index contributed by atoms with van der Waals surface area (Å²) < 4.78 is 0. The molecule has 0 amide bonds. The van der Waals surface area contributed by atoms with Crippen molar-refractivity contribution in [2.24, 2.45) is 5.73 Å². The molecule has 0 fully saturated rings. The molecule has 2 aromatic rings. The van der Waals surface area contributed by atoms with E-state index in [1.54, 1.807) is 0 Å². The molecule has 0 radical (unpaired) electrons. The van der Waals surface area contributed by atoms with Crippen LogP contribution in [-0.2, 0) is 6.42 Å². The number of unbranched alkanes of at least 4 members (excludes halogenated alkanes) is 1. The number of hydrogen-bond donors (Lipinski definition) is 1. The summed E-state index contributed by atoms with van der Waals surface area (Å²) in [5, 5.41) is 1.22. The molecule has 15 heavy (non-hydrogen) atoms. The van der Waals surface area contributed by atoms with Gasteiger partial charge in [-0.1, -0.05) is 12.1 Å². The summed E-state index contributed by atoms with van der Waals surface area (Å²) in [5.74, 6) is 0. The standard InChI is InChI=1S/C13H16N2/c14-8-2-1-4-11-6-7-13-12(10-11)5-3-9-15-13/h3,5-7,9-10H,1-2,4,8,14H2. The Hall–Kier alpha value is -1.41. The normalized spacial score (nSPS) is 10.7. The summed E-state index contributed by atoms with van der Waals surface area (Å²) >= 11 is 0. The Kier molecular flexibility index (Phi) is 3.30. The van der Waals surface area contributed by atoms with Crippen molar-refractivity contribution in [2.75, 3.05) is 6.54 Å². The number of hydrogen-bond acceptors (Lipinski definition) is 2. The minimum atomic E-state index is 0.787. The van der Waals surface area contributed by atoms with E-state index in [1.807, 2.05) is 12.3 Å². The third-order valence-electron chi connectivity index (χ3n) is 2.59. The third-order valence-corrected chi connectivity index (χ3v) is 2.59. The smallest absolute Gasteiger partial charge is 0.0702 e. The fourth-order valence-electron chi connectivity index (χ4n) is 1.75. The first-order valence-electron chi connectivity index (χ1n) is 5.44. The quantitative estimate of drug-likeness (QED) is 0.770. The zero-order chi connectivity index (χ0) is 10.5. The molecule has 0 aliphatic rings. The highest BCUT2D eigenvalue weighted by molar-refractivity contribution is 5.78. The number of aromatic nitrogens is 1. The molecule has 78 valence electrons. The molecule has 2 N–H and O–H groups in total. The van der Waals surface area contributed by atoms with Gasteiger partial charge in [0.1, 0.15) is 0 Å². The van der Waals surface area contributed by atoms with Gasteiger partial charge in [0, 0.05) is 11.6 Å². The van der Waals surface area contributed by atoms with Crippen molar-refractivity contribution in [3.63, 3.8) is 0 Å². The van der Waals surface area contributed by atoms with Gasteiger partial charge in [-0.2, -0.15) is 0 Å². The molecule has 0 spiro atoms. The lowest BCUT2D eigenvalue weighted by Crippen LogP contribution is -1.98. The van der Waals surface area contributed by atoms with E-state index in [-0.39, 0.29) is 0 Å². The zero-order valence-corrected chi connectivity index (χ0v) is 8.82. The molecule has 1 aromatic heterocycles. The Balaban J connectivity index is 2.16. The first-order valence-corrected chi connectivity index (χ1v) is 5.44. The number of fused-ring (bicyclic) bond motifs is 1. The first kappa shape index (κ1) is 10.1. The summed E-state index contributed by atoms with van der Waals surface area (Å²) in [5.41, 5.74) is 7.92. The lowest BCUT2D eigenvalue weighted by Gasteiger charge is -2.02. The third kappa shape index (κ3) is 2.54. The predicted molar refractivity (Wildman–Crippen MR) is 63.7 cm³/mol. The molecular formula is C13H16N2. The molecule has 2 nitrogen and oxygen atoms in total. The lowest BCUT2D eigenvalue weighted by molar-refractivity contribution is 0.745. The summed E-state index contributed by atoms with van der Waals surface area (Å²) in [6.45, 7) is 0.787. The molecule has 1 aromatic carbocycles. The second-order valence-electron chi connectivity index (χ2n) is 3.78. The van der Waals surface area contributed by atoms with Gasteiger partial charge in [-0.25, -0.2) is 0 Å². The Morgan fingerprint density at radius 2 is 2.07 bits per heavy atom. The molecule has 0 aliphatic carbocycles. The first-order chi connectivity index (χ1) is 7.40. The minimum Gasteiger partial charge on any atom is -0.330 e. The lowest BCUT2D eigenvalue weighted by atomic mass is 10.1. The Bertz CT molecular complexity index is 437. The maximum Gasteiger partial charge on any atom is 0.0702 e. The van der Waals surface area contributed by atoms with E-state index in [4.69, 9.17) is 5.73 Å². The van der Waals surface area contributed by atoms with Crippen LogP contribution in [0.3, 0.4) is 0 Å². The number of nitrogens with two attached hydrogens (primary N) is 1. The van der Waals surface area contributed by atoms with Gasteiger partial charge >= 0.3 is 0 Å². The molecule has 0 unspecified atom stereocenters. The molecular weight excluding hydrogens is 184 g/mol. The molecule has 0 aliphatic heterocycles. The van der Waals surface area contributed by atoms with E-state index in [0.29, 0.717) is 0 Å². The van der Waals surface area contributed by atoms with Crippen LogP contribution in [0.2, 0.25) is 0 Å². The summed E-state index contributed by atoms with van der Waals surface area (Å²) in [6, 6.07) is 10.6. The molecule has 0 atom stereocenters. The number of aryl methyl sites for hydroxylation is 1.